The molecular formula is C26H22N4O2S2. The van der Waals surface area contributed by atoms with Crippen molar-refractivity contribution in [2.45, 2.75) is 12.8 Å². The van der Waals surface area contributed by atoms with Crippen LogP contribution in [0, 0.1) is 11.3 Å². The Balaban J connectivity index is 1.59. The second-order valence-corrected chi connectivity index (χ2v) is 9.45. The summed E-state index contributed by atoms with van der Waals surface area (Å²) in [6, 6.07) is 24.5. The number of carbonyl (C=O) groups excluding carboxylic acids is 2. The van der Waals surface area contributed by atoms with E-state index in [1.165, 1.54) is 23.1 Å². The predicted octanol–water partition coefficient (Wildman–Crippen LogP) is 5.45. The molecule has 2 heterocycles. The minimum absolute atomic E-state index is 0.123. The first-order valence-corrected chi connectivity index (χ1v) is 12.4. The lowest BCUT2D eigenvalue weighted by molar-refractivity contribution is -0.114. The zero-order valence-electron chi connectivity index (χ0n) is 18.4. The third kappa shape index (κ3) is 5.39. The van der Waals surface area contributed by atoms with Crippen molar-refractivity contribution in [1.82, 2.24) is 5.32 Å². The van der Waals surface area contributed by atoms with Gasteiger partial charge in [-0.2, -0.15) is 5.26 Å². The molecule has 0 aliphatic carbocycles. The molecule has 4 rings (SSSR count). The van der Waals surface area contributed by atoms with Gasteiger partial charge in [-0.25, -0.2) is 0 Å². The number of benzene rings is 2. The standard InChI is InChI=1S/C26H22N4O2S2/c1-17-23(25(32)30-19-11-6-3-7-12-19)24(21-13-8-14-33-21)20(15-27)26(28-17)34-16-22(31)29-18-9-4-2-5-10-18/h2-14,24,28H,16H2,1H3,(H,29,31)(H,30,32). The fraction of sp³-hybridized carbons (Fsp3) is 0.115. The Morgan fingerprint density at radius 2 is 1.65 bits per heavy atom. The number of amides is 2. The Bertz CT molecular complexity index is 1280. The second-order valence-electron chi connectivity index (χ2n) is 7.49. The fourth-order valence-electron chi connectivity index (χ4n) is 3.64. The molecule has 0 saturated carbocycles. The van der Waals surface area contributed by atoms with Crippen LogP contribution >= 0.6 is 23.1 Å². The highest BCUT2D eigenvalue weighted by molar-refractivity contribution is 8.03. The Kier molecular flexibility index (Phi) is 7.48. The largest absolute Gasteiger partial charge is 0.353 e. The van der Waals surface area contributed by atoms with Crippen molar-refractivity contribution in [3.8, 4) is 6.07 Å². The summed E-state index contributed by atoms with van der Waals surface area (Å²) in [5.74, 6) is -0.842. The summed E-state index contributed by atoms with van der Waals surface area (Å²) in [5.41, 5.74) is 2.95. The van der Waals surface area contributed by atoms with Crippen LogP contribution in [0.25, 0.3) is 0 Å². The highest BCUT2D eigenvalue weighted by Gasteiger charge is 2.35. The number of nitrogens with one attached hydrogen (secondary N) is 3. The minimum Gasteiger partial charge on any atom is -0.353 e. The molecule has 170 valence electrons. The van der Waals surface area contributed by atoms with Crippen LogP contribution in [0.15, 0.2) is 100 Å². The molecule has 1 aliphatic rings. The zero-order chi connectivity index (χ0) is 23.9. The average Bonchev–Trinajstić information content (AvgIpc) is 3.38. The van der Waals surface area contributed by atoms with E-state index in [1.54, 1.807) is 0 Å². The van der Waals surface area contributed by atoms with Gasteiger partial charge < -0.3 is 16.0 Å². The van der Waals surface area contributed by atoms with Crippen LogP contribution in [-0.4, -0.2) is 17.6 Å². The number of hydrogen-bond acceptors (Lipinski definition) is 6. The summed E-state index contributed by atoms with van der Waals surface area (Å²) in [5, 5.41) is 21.6. The van der Waals surface area contributed by atoms with Gasteiger partial charge in [0.2, 0.25) is 5.91 Å². The van der Waals surface area contributed by atoms with Gasteiger partial charge in [0.15, 0.2) is 0 Å². The molecule has 2 aromatic carbocycles. The van der Waals surface area contributed by atoms with E-state index in [0.717, 1.165) is 4.88 Å². The summed E-state index contributed by atoms with van der Waals surface area (Å²) in [6.45, 7) is 1.82. The van der Waals surface area contributed by atoms with Crippen LogP contribution in [0.2, 0.25) is 0 Å². The van der Waals surface area contributed by atoms with E-state index in [1.807, 2.05) is 85.1 Å². The number of para-hydroxylation sites is 2. The number of allylic oxidation sites excluding steroid dienone is 2. The number of carbonyl (C=O) groups is 2. The first-order chi connectivity index (χ1) is 16.6. The molecule has 1 aliphatic heterocycles. The van der Waals surface area contributed by atoms with Crippen LogP contribution in [-0.2, 0) is 9.59 Å². The Morgan fingerprint density at radius 3 is 2.24 bits per heavy atom. The lowest BCUT2D eigenvalue weighted by atomic mass is 9.86. The smallest absolute Gasteiger partial charge is 0.254 e. The first kappa shape index (κ1) is 23.4. The zero-order valence-corrected chi connectivity index (χ0v) is 20.0. The fourth-order valence-corrected chi connectivity index (χ4v) is 5.38. The van der Waals surface area contributed by atoms with E-state index >= 15 is 0 Å². The van der Waals surface area contributed by atoms with Crippen molar-refractivity contribution in [2.75, 3.05) is 16.4 Å². The number of thioether (sulfide) groups is 1. The molecule has 3 N–H and O–H groups in total. The normalized spacial score (nSPS) is 15.4. The maximum atomic E-state index is 13.3. The molecule has 1 unspecified atom stereocenters. The molecule has 3 aromatic rings. The summed E-state index contributed by atoms with van der Waals surface area (Å²) >= 11 is 2.74. The number of anilines is 2. The summed E-state index contributed by atoms with van der Waals surface area (Å²) < 4.78 is 0. The van der Waals surface area contributed by atoms with E-state index in [0.29, 0.717) is 33.2 Å². The Labute approximate surface area is 206 Å². The van der Waals surface area contributed by atoms with Gasteiger partial charge in [0.25, 0.3) is 5.91 Å². The maximum Gasteiger partial charge on any atom is 0.254 e. The Morgan fingerprint density at radius 1 is 1.00 bits per heavy atom. The van der Waals surface area contributed by atoms with Crippen LogP contribution < -0.4 is 16.0 Å². The van der Waals surface area contributed by atoms with Crippen molar-refractivity contribution in [3.05, 3.63) is 105 Å². The monoisotopic (exact) mass is 486 g/mol. The van der Waals surface area contributed by atoms with E-state index in [9.17, 15) is 14.9 Å². The van der Waals surface area contributed by atoms with Gasteiger partial charge in [-0.15, -0.1) is 11.3 Å². The lowest BCUT2D eigenvalue weighted by Gasteiger charge is -2.29. The molecular weight excluding hydrogens is 464 g/mol. The molecule has 8 heteroatoms. The molecule has 0 bridgehead atoms. The average molecular weight is 487 g/mol. The molecule has 1 aromatic heterocycles. The van der Waals surface area contributed by atoms with E-state index < -0.39 is 5.92 Å². The number of nitrogens with zero attached hydrogens (tertiary/aromatic N) is 1. The minimum atomic E-state index is -0.519. The van der Waals surface area contributed by atoms with E-state index in [-0.39, 0.29) is 17.6 Å². The number of nitriles is 1. The molecule has 0 spiro atoms. The van der Waals surface area contributed by atoms with Gasteiger partial charge in [0, 0.05) is 27.5 Å². The summed E-state index contributed by atoms with van der Waals surface area (Å²) in [7, 11) is 0. The maximum absolute atomic E-state index is 13.3. The molecule has 0 saturated heterocycles. The Hall–Kier alpha value is -3.80. The van der Waals surface area contributed by atoms with Crippen LogP contribution in [0.4, 0.5) is 11.4 Å². The SMILES string of the molecule is CC1=C(C(=O)Nc2ccccc2)C(c2cccs2)C(C#N)=C(SCC(=O)Nc2ccccc2)N1. The number of dihydropyridines is 1. The van der Waals surface area contributed by atoms with Crippen molar-refractivity contribution in [2.24, 2.45) is 0 Å². The van der Waals surface area contributed by atoms with Crippen LogP contribution in [0.1, 0.15) is 17.7 Å². The molecule has 0 radical (unpaired) electrons. The lowest BCUT2D eigenvalue weighted by Crippen LogP contribution is -2.30. The second kappa shape index (κ2) is 10.9. The van der Waals surface area contributed by atoms with Crippen LogP contribution in [0.5, 0.6) is 0 Å². The molecule has 6 nitrogen and oxygen atoms in total. The van der Waals surface area contributed by atoms with E-state index in [4.69, 9.17) is 0 Å². The van der Waals surface area contributed by atoms with Gasteiger partial charge in [0.1, 0.15) is 0 Å². The predicted molar refractivity (Wildman–Crippen MR) is 138 cm³/mol. The third-order valence-corrected chi connectivity index (χ3v) is 7.11. The highest BCUT2D eigenvalue weighted by atomic mass is 32.2. The topological polar surface area (TPSA) is 94.0 Å². The number of thiophene rings is 1. The van der Waals surface area contributed by atoms with Crippen molar-refractivity contribution < 1.29 is 9.59 Å². The first-order valence-electron chi connectivity index (χ1n) is 10.6. The van der Waals surface area contributed by atoms with E-state index in [2.05, 4.69) is 22.0 Å². The number of rotatable bonds is 7. The molecule has 34 heavy (non-hydrogen) atoms. The molecule has 0 fully saturated rings. The summed E-state index contributed by atoms with van der Waals surface area (Å²) in [6.07, 6.45) is 0. The van der Waals surface area contributed by atoms with Gasteiger partial charge in [-0.1, -0.05) is 54.2 Å². The highest BCUT2D eigenvalue weighted by Crippen LogP contribution is 2.42. The van der Waals surface area contributed by atoms with Crippen molar-refractivity contribution in [1.29, 1.82) is 5.26 Å². The van der Waals surface area contributed by atoms with Gasteiger partial charge >= 0.3 is 0 Å². The van der Waals surface area contributed by atoms with Gasteiger partial charge in [-0.3, -0.25) is 9.59 Å². The summed E-state index contributed by atoms with van der Waals surface area (Å²) in [4.78, 5) is 26.7. The quantitative estimate of drug-likeness (QED) is 0.413. The van der Waals surface area contributed by atoms with Gasteiger partial charge in [0.05, 0.1) is 28.3 Å². The third-order valence-electron chi connectivity index (χ3n) is 5.16. The molecule has 1 atom stereocenters. The molecule has 2 amide bonds. The van der Waals surface area contributed by atoms with Crippen molar-refractivity contribution in [3.63, 3.8) is 0 Å². The number of hydrogen-bond donors (Lipinski definition) is 3. The van der Waals surface area contributed by atoms with Crippen molar-refractivity contribution >= 4 is 46.3 Å². The van der Waals surface area contributed by atoms with Gasteiger partial charge in [-0.05, 0) is 42.6 Å². The van der Waals surface area contributed by atoms with Crippen LogP contribution in [0.3, 0.4) is 0 Å².